The SMILES string of the molecule is NC(=O)[C@H](NC(=O)CC1CCCC1)c1cccc(Br)c1. The maximum Gasteiger partial charge on any atom is 0.244 e. The molecule has 20 heavy (non-hydrogen) atoms. The Morgan fingerprint density at radius 2 is 2.05 bits per heavy atom. The van der Waals surface area contributed by atoms with Crippen LogP contribution >= 0.6 is 15.9 Å². The molecule has 5 heteroatoms. The van der Waals surface area contributed by atoms with Crippen molar-refractivity contribution in [2.45, 2.75) is 38.1 Å². The zero-order valence-corrected chi connectivity index (χ0v) is 12.9. The molecule has 0 spiro atoms. The molecule has 1 saturated carbocycles. The molecule has 1 atom stereocenters. The fourth-order valence-electron chi connectivity index (χ4n) is 2.70. The Morgan fingerprint density at radius 1 is 1.35 bits per heavy atom. The van der Waals surface area contributed by atoms with Crippen LogP contribution in [0.25, 0.3) is 0 Å². The van der Waals surface area contributed by atoms with E-state index < -0.39 is 11.9 Å². The number of amides is 2. The van der Waals surface area contributed by atoms with E-state index in [9.17, 15) is 9.59 Å². The van der Waals surface area contributed by atoms with Crippen molar-refractivity contribution in [1.82, 2.24) is 5.32 Å². The highest BCUT2D eigenvalue weighted by Crippen LogP contribution is 2.27. The molecule has 0 unspecified atom stereocenters. The Kier molecular flexibility index (Phi) is 5.17. The van der Waals surface area contributed by atoms with Crippen LogP contribution in [0.3, 0.4) is 0 Å². The first-order valence-electron chi connectivity index (χ1n) is 6.90. The van der Waals surface area contributed by atoms with Gasteiger partial charge in [-0.25, -0.2) is 0 Å². The van der Waals surface area contributed by atoms with Gasteiger partial charge in [-0.3, -0.25) is 9.59 Å². The maximum absolute atomic E-state index is 12.0. The van der Waals surface area contributed by atoms with Crippen LogP contribution in [-0.4, -0.2) is 11.8 Å². The molecule has 1 aliphatic rings. The van der Waals surface area contributed by atoms with E-state index in [1.54, 1.807) is 12.1 Å². The van der Waals surface area contributed by atoms with Crippen LogP contribution in [0.2, 0.25) is 0 Å². The molecule has 108 valence electrons. The number of nitrogens with one attached hydrogen (secondary N) is 1. The van der Waals surface area contributed by atoms with Gasteiger partial charge in [-0.1, -0.05) is 40.9 Å². The second-order valence-corrected chi connectivity index (χ2v) is 6.23. The van der Waals surface area contributed by atoms with Gasteiger partial charge in [0.25, 0.3) is 0 Å². The largest absolute Gasteiger partial charge is 0.368 e. The van der Waals surface area contributed by atoms with E-state index in [0.717, 1.165) is 17.3 Å². The lowest BCUT2D eigenvalue weighted by Crippen LogP contribution is -2.38. The highest BCUT2D eigenvalue weighted by atomic mass is 79.9. The molecule has 0 saturated heterocycles. The van der Waals surface area contributed by atoms with Crippen molar-refractivity contribution < 1.29 is 9.59 Å². The predicted molar refractivity (Wildman–Crippen MR) is 80.8 cm³/mol. The third-order valence-electron chi connectivity index (χ3n) is 3.72. The van der Waals surface area contributed by atoms with Gasteiger partial charge < -0.3 is 11.1 Å². The molecule has 1 fully saturated rings. The molecule has 3 N–H and O–H groups in total. The molecule has 1 aromatic rings. The number of carbonyl (C=O) groups is 2. The molecule has 2 rings (SSSR count). The normalized spacial score (nSPS) is 16.9. The summed E-state index contributed by atoms with van der Waals surface area (Å²) in [5.41, 5.74) is 6.11. The van der Waals surface area contributed by atoms with E-state index >= 15 is 0 Å². The fourth-order valence-corrected chi connectivity index (χ4v) is 3.12. The topological polar surface area (TPSA) is 72.2 Å². The van der Waals surface area contributed by atoms with Crippen LogP contribution in [-0.2, 0) is 9.59 Å². The number of hydrogen-bond acceptors (Lipinski definition) is 2. The van der Waals surface area contributed by atoms with E-state index in [1.165, 1.54) is 12.8 Å². The molecule has 0 radical (unpaired) electrons. The van der Waals surface area contributed by atoms with Crippen LogP contribution in [0, 0.1) is 5.92 Å². The molecule has 4 nitrogen and oxygen atoms in total. The molecule has 0 bridgehead atoms. The van der Waals surface area contributed by atoms with Crippen molar-refractivity contribution in [2.24, 2.45) is 11.7 Å². The minimum Gasteiger partial charge on any atom is -0.368 e. The summed E-state index contributed by atoms with van der Waals surface area (Å²) in [5.74, 6) is -0.186. The first-order valence-corrected chi connectivity index (χ1v) is 7.69. The van der Waals surface area contributed by atoms with Crippen molar-refractivity contribution >= 4 is 27.7 Å². The van der Waals surface area contributed by atoms with Gasteiger partial charge in [-0.2, -0.15) is 0 Å². The Bertz CT molecular complexity index is 498. The van der Waals surface area contributed by atoms with Gasteiger partial charge in [0.2, 0.25) is 11.8 Å². The monoisotopic (exact) mass is 338 g/mol. The third-order valence-corrected chi connectivity index (χ3v) is 4.21. The summed E-state index contributed by atoms with van der Waals surface area (Å²) >= 11 is 3.35. The summed E-state index contributed by atoms with van der Waals surface area (Å²) in [5, 5.41) is 2.75. The smallest absolute Gasteiger partial charge is 0.244 e. The Hall–Kier alpha value is -1.36. The lowest BCUT2D eigenvalue weighted by molar-refractivity contribution is -0.128. The average Bonchev–Trinajstić information content (AvgIpc) is 2.88. The minimum absolute atomic E-state index is 0.0966. The van der Waals surface area contributed by atoms with E-state index in [0.29, 0.717) is 17.9 Å². The molecular weight excluding hydrogens is 320 g/mol. The van der Waals surface area contributed by atoms with Gasteiger partial charge in [0.1, 0.15) is 6.04 Å². The Morgan fingerprint density at radius 3 is 2.65 bits per heavy atom. The van der Waals surface area contributed by atoms with Gasteiger partial charge in [-0.05, 0) is 36.5 Å². The Labute approximate surface area is 127 Å². The maximum atomic E-state index is 12.0. The first-order chi connectivity index (χ1) is 9.56. The zero-order chi connectivity index (χ0) is 14.5. The standard InChI is InChI=1S/C15H19BrN2O2/c16-12-7-3-6-11(9-12)14(15(17)20)18-13(19)8-10-4-1-2-5-10/h3,6-7,9-10,14H,1-2,4-5,8H2,(H2,17,20)(H,18,19)/t14-/m1/s1. The summed E-state index contributed by atoms with van der Waals surface area (Å²) in [6.07, 6.45) is 5.08. The van der Waals surface area contributed by atoms with E-state index in [4.69, 9.17) is 5.73 Å². The number of primary amides is 1. The molecule has 2 amide bonds. The minimum atomic E-state index is -0.763. The first kappa shape index (κ1) is 15.0. The van der Waals surface area contributed by atoms with Crippen molar-refractivity contribution in [1.29, 1.82) is 0 Å². The van der Waals surface area contributed by atoms with Crippen LogP contribution in [0.15, 0.2) is 28.7 Å². The predicted octanol–water partition coefficient (Wildman–Crippen LogP) is 2.67. The van der Waals surface area contributed by atoms with Gasteiger partial charge in [-0.15, -0.1) is 0 Å². The van der Waals surface area contributed by atoms with Gasteiger partial charge in [0, 0.05) is 10.9 Å². The summed E-state index contributed by atoms with van der Waals surface area (Å²) in [6, 6.07) is 6.50. The van der Waals surface area contributed by atoms with Crippen LogP contribution < -0.4 is 11.1 Å². The van der Waals surface area contributed by atoms with Gasteiger partial charge >= 0.3 is 0 Å². The number of hydrogen-bond donors (Lipinski definition) is 2. The van der Waals surface area contributed by atoms with Crippen molar-refractivity contribution in [3.8, 4) is 0 Å². The quantitative estimate of drug-likeness (QED) is 0.866. The lowest BCUT2D eigenvalue weighted by atomic mass is 10.0. The van der Waals surface area contributed by atoms with E-state index in [-0.39, 0.29) is 5.91 Å². The lowest BCUT2D eigenvalue weighted by Gasteiger charge is -2.17. The number of nitrogens with two attached hydrogens (primary N) is 1. The summed E-state index contributed by atoms with van der Waals surface area (Å²) in [4.78, 5) is 23.6. The molecular formula is C15H19BrN2O2. The third kappa shape index (κ3) is 4.07. The summed E-state index contributed by atoms with van der Waals surface area (Å²) in [7, 11) is 0. The van der Waals surface area contributed by atoms with Crippen molar-refractivity contribution in [3.05, 3.63) is 34.3 Å². The van der Waals surface area contributed by atoms with E-state index in [1.807, 2.05) is 12.1 Å². The van der Waals surface area contributed by atoms with Crippen LogP contribution in [0.1, 0.15) is 43.7 Å². The number of rotatable bonds is 5. The summed E-state index contributed by atoms with van der Waals surface area (Å²) < 4.78 is 0.853. The second-order valence-electron chi connectivity index (χ2n) is 5.31. The van der Waals surface area contributed by atoms with Gasteiger partial charge in [0.15, 0.2) is 0 Å². The van der Waals surface area contributed by atoms with Crippen LogP contribution in [0.5, 0.6) is 0 Å². The average molecular weight is 339 g/mol. The molecule has 1 aliphatic carbocycles. The molecule has 0 heterocycles. The molecule has 0 aliphatic heterocycles. The molecule has 0 aromatic heterocycles. The van der Waals surface area contributed by atoms with Gasteiger partial charge in [0.05, 0.1) is 0 Å². The number of carbonyl (C=O) groups excluding carboxylic acids is 2. The van der Waals surface area contributed by atoms with Crippen molar-refractivity contribution in [2.75, 3.05) is 0 Å². The number of benzene rings is 1. The molecule has 1 aromatic carbocycles. The van der Waals surface area contributed by atoms with Crippen LogP contribution in [0.4, 0.5) is 0 Å². The Balaban J connectivity index is 2.02. The highest BCUT2D eigenvalue weighted by molar-refractivity contribution is 9.10. The number of halogens is 1. The second kappa shape index (κ2) is 6.88. The summed E-state index contributed by atoms with van der Waals surface area (Å²) in [6.45, 7) is 0. The van der Waals surface area contributed by atoms with E-state index in [2.05, 4.69) is 21.2 Å². The van der Waals surface area contributed by atoms with Crippen molar-refractivity contribution in [3.63, 3.8) is 0 Å². The highest BCUT2D eigenvalue weighted by Gasteiger charge is 2.23. The zero-order valence-electron chi connectivity index (χ0n) is 11.3. The fraction of sp³-hybridized carbons (Fsp3) is 0.467.